The largest absolute Gasteiger partial charge is 0.459 e. The molecular weight excluding hydrogens is 356 g/mol. The summed E-state index contributed by atoms with van der Waals surface area (Å²) in [6, 6.07) is 11.4. The number of anilines is 2. The van der Waals surface area contributed by atoms with Crippen molar-refractivity contribution in [1.82, 2.24) is 10.3 Å². The zero-order valence-corrected chi connectivity index (χ0v) is 16.1. The van der Waals surface area contributed by atoms with E-state index in [0.29, 0.717) is 25.4 Å². The van der Waals surface area contributed by atoms with Gasteiger partial charge in [-0.05, 0) is 32.0 Å². The molecule has 4 rings (SSSR count). The molecule has 0 bridgehead atoms. The fourth-order valence-electron chi connectivity index (χ4n) is 3.37. The number of hydrogen-bond donors (Lipinski definition) is 2. The molecule has 1 aliphatic heterocycles. The number of aromatic nitrogens is 1. The Morgan fingerprint density at radius 3 is 2.68 bits per heavy atom. The highest BCUT2D eigenvalue weighted by atomic mass is 16.5. The number of benzene rings is 1. The van der Waals surface area contributed by atoms with Crippen molar-refractivity contribution < 1.29 is 13.9 Å². The van der Waals surface area contributed by atoms with Gasteiger partial charge in [0, 0.05) is 24.0 Å². The number of furan rings is 1. The van der Waals surface area contributed by atoms with E-state index in [4.69, 9.17) is 9.15 Å². The average Bonchev–Trinajstić information content (AvgIpc) is 3.04. The van der Waals surface area contributed by atoms with Crippen molar-refractivity contribution in [2.24, 2.45) is 0 Å². The first-order valence-electron chi connectivity index (χ1n) is 9.44. The lowest BCUT2D eigenvalue weighted by Gasteiger charge is -2.28. The zero-order chi connectivity index (χ0) is 19.5. The molecule has 0 spiro atoms. The van der Waals surface area contributed by atoms with Crippen molar-refractivity contribution in [1.29, 1.82) is 0 Å². The Kier molecular flexibility index (Phi) is 5.16. The molecule has 0 atom stereocenters. The Bertz CT molecular complexity index is 992. The van der Waals surface area contributed by atoms with Gasteiger partial charge in [-0.15, -0.1) is 0 Å². The topological polar surface area (TPSA) is 79.6 Å². The minimum Gasteiger partial charge on any atom is -0.459 e. The summed E-state index contributed by atoms with van der Waals surface area (Å²) in [6.45, 7) is 7.30. The summed E-state index contributed by atoms with van der Waals surface area (Å²) in [5, 5.41) is 6.79. The van der Waals surface area contributed by atoms with Crippen LogP contribution < -0.4 is 15.5 Å². The number of nitrogens with one attached hydrogen (secondary N) is 2. The molecule has 3 heterocycles. The lowest BCUT2D eigenvalue weighted by atomic mass is 10.1. The van der Waals surface area contributed by atoms with Gasteiger partial charge in [-0.3, -0.25) is 0 Å². The van der Waals surface area contributed by atoms with Crippen molar-refractivity contribution in [2.75, 3.05) is 36.5 Å². The normalized spacial score (nSPS) is 14.3. The van der Waals surface area contributed by atoms with E-state index in [9.17, 15) is 4.79 Å². The molecule has 3 aromatic rings. The molecule has 146 valence electrons. The number of rotatable bonds is 4. The molecular formula is C21H24N4O3. The molecule has 2 amide bonds. The standard InChI is InChI=1S/C21H24N4O3/c1-14-16-5-3-4-6-18(16)28-19(14)13-22-21(26)24-17-7-8-20(23-15(17)2)25-9-11-27-12-10-25/h3-8H,9-13H2,1-2H3,(H2,22,24,26). The first-order chi connectivity index (χ1) is 13.6. The number of aryl methyl sites for hydroxylation is 2. The van der Waals surface area contributed by atoms with Crippen LogP contribution in [0.15, 0.2) is 40.8 Å². The number of carbonyl (C=O) groups excluding carboxylic acids is 1. The summed E-state index contributed by atoms with van der Waals surface area (Å²) in [5.74, 6) is 1.67. The minimum atomic E-state index is -0.288. The predicted molar refractivity (Wildman–Crippen MR) is 109 cm³/mol. The summed E-state index contributed by atoms with van der Waals surface area (Å²) in [4.78, 5) is 19.1. The maximum absolute atomic E-state index is 12.3. The molecule has 1 aromatic carbocycles. The molecule has 2 aromatic heterocycles. The highest BCUT2D eigenvalue weighted by molar-refractivity contribution is 5.90. The van der Waals surface area contributed by atoms with Gasteiger partial charge in [0.25, 0.3) is 0 Å². The summed E-state index contributed by atoms with van der Waals surface area (Å²) in [6.07, 6.45) is 0. The molecule has 0 unspecified atom stereocenters. The Morgan fingerprint density at radius 1 is 1.14 bits per heavy atom. The van der Waals surface area contributed by atoms with E-state index in [1.54, 1.807) is 0 Å². The highest BCUT2D eigenvalue weighted by Crippen LogP contribution is 2.25. The third-order valence-corrected chi connectivity index (χ3v) is 5.01. The van der Waals surface area contributed by atoms with E-state index in [0.717, 1.165) is 46.9 Å². The van der Waals surface area contributed by atoms with Gasteiger partial charge in [-0.1, -0.05) is 18.2 Å². The van der Waals surface area contributed by atoms with Crippen molar-refractivity contribution in [2.45, 2.75) is 20.4 Å². The lowest BCUT2D eigenvalue weighted by molar-refractivity contribution is 0.122. The van der Waals surface area contributed by atoms with E-state index in [-0.39, 0.29) is 6.03 Å². The molecule has 0 radical (unpaired) electrons. The number of fused-ring (bicyclic) bond motifs is 1. The first-order valence-corrected chi connectivity index (χ1v) is 9.44. The maximum Gasteiger partial charge on any atom is 0.319 e. The highest BCUT2D eigenvalue weighted by Gasteiger charge is 2.15. The molecule has 2 N–H and O–H groups in total. The van der Waals surface area contributed by atoms with Gasteiger partial charge in [0.15, 0.2) is 0 Å². The monoisotopic (exact) mass is 380 g/mol. The molecule has 1 aliphatic rings. The third-order valence-electron chi connectivity index (χ3n) is 5.01. The van der Waals surface area contributed by atoms with Crippen LogP contribution in [0.4, 0.5) is 16.3 Å². The number of urea groups is 1. The van der Waals surface area contributed by atoms with Crippen LogP contribution in [0.3, 0.4) is 0 Å². The van der Waals surface area contributed by atoms with Crippen LogP contribution in [0.1, 0.15) is 17.0 Å². The van der Waals surface area contributed by atoms with Crippen LogP contribution in [0, 0.1) is 13.8 Å². The predicted octanol–water partition coefficient (Wildman–Crippen LogP) is 3.60. The van der Waals surface area contributed by atoms with Crippen LogP contribution in [0.2, 0.25) is 0 Å². The van der Waals surface area contributed by atoms with Gasteiger partial charge in [0.05, 0.1) is 31.1 Å². The Balaban J connectivity index is 1.38. The van der Waals surface area contributed by atoms with Crippen LogP contribution in [0.25, 0.3) is 11.0 Å². The summed E-state index contributed by atoms with van der Waals surface area (Å²) >= 11 is 0. The molecule has 0 saturated carbocycles. The second kappa shape index (κ2) is 7.90. The molecule has 1 saturated heterocycles. The number of amides is 2. The van der Waals surface area contributed by atoms with Gasteiger partial charge >= 0.3 is 6.03 Å². The fraction of sp³-hybridized carbons (Fsp3) is 0.333. The molecule has 7 heteroatoms. The number of nitrogens with zero attached hydrogens (tertiary/aromatic N) is 2. The minimum absolute atomic E-state index is 0.288. The summed E-state index contributed by atoms with van der Waals surface area (Å²) in [5.41, 5.74) is 3.34. The van der Waals surface area contributed by atoms with Gasteiger partial charge in [-0.2, -0.15) is 0 Å². The number of carbonyl (C=O) groups is 1. The Hall–Kier alpha value is -3.06. The third kappa shape index (κ3) is 3.80. The van der Waals surface area contributed by atoms with Gasteiger partial charge in [0.2, 0.25) is 0 Å². The van der Waals surface area contributed by atoms with Crippen LogP contribution in [0.5, 0.6) is 0 Å². The second-order valence-corrected chi connectivity index (χ2v) is 6.86. The van der Waals surface area contributed by atoms with Gasteiger partial charge in [0.1, 0.15) is 17.2 Å². The Morgan fingerprint density at radius 2 is 1.93 bits per heavy atom. The smallest absolute Gasteiger partial charge is 0.319 e. The van der Waals surface area contributed by atoms with Gasteiger partial charge in [-0.25, -0.2) is 9.78 Å². The van der Waals surface area contributed by atoms with Crippen LogP contribution >= 0.6 is 0 Å². The maximum atomic E-state index is 12.3. The van der Waals surface area contributed by atoms with Crippen LogP contribution in [-0.4, -0.2) is 37.3 Å². The molecule has 0 aliphatic carbocycles. The van der Waals surface area contributed by atoms with Crippen molar-refractivity contribution >= 4 is 28.5 Å². The molecule has 1 fully saturated rings. The summed E-state index contributed by atoms with van der Waals surface area (Å²) in [7, 11) is 0. The molecule has 7 nitrogen and oxygen atoms in total. The lowest BCUT2D eigenvalue weighted by Crippen LogP contribution is -2.36. The Labute approximate surface area is 163 Å². The molecule has 28 heavy (non-hydrogen) atoms. The number of pyridine rings is 1. The fourth-order valence-corrected chi connectivity index (χ4v) is 3.37. The number of morpholine rings is 1. The van der Waals surface area contributed by atoms with E-state index in [1.165, 1.54) is 0 Å². The van der Waals surface area contributed by atoms with E-state index < -0.39 is 0 Å². The number of para-hydroxylation sites is 1. The van der Waals surface area contributed by atoms with Crippen molar-refractivity contribution in [3.8, 4) is 0 Å². The quantitative estimate of drug-likeness (QED) is 0.723. The van der Waals surface area contributed by atoms with E-state index >= 15 is 0 Å². The van der Waals surface area contributed by atoms with E-state index in [1.807, 2.05) is 50.2 Å². The van der Waals surface area contributed by atoms with Crippen molar-refractivity contribution in [3.63, 3.8) is 0 Å². The zero-order valence-electron chi connectivity index (χ0n) is 16.1. The summed E-state index contributed by atoms with van der Waals surface area (Å²) < 4.78 is 11.2. The van der Waals surface area contributed by atoms with E-state index in [2.05, 4.69) is 20.5 Å². The average molecular weight is 380 g/mol. The first kappa shape index (κ1) is 18.3. The number of ether oxygens (including phenoxy) is 1. The number of hydrogen-bond acceptors (Lipinski definition) is 5. The SMILES string of the molecule is Cc1nc(N2CCOCC2)ccc1NC(=O)NCc1oc2ccccc2c1C. The van der Waals surface area contributed by atoms with Gasteiger partial charge < -0.3 is 24.7 Å². The van der Waals surface area contributed by atoms with Crippen LogP contribution in [-0.2, 0) is 11.3 Å². The van der Waals surface area contributed by atoms with Crippen molar-refractivity contribution in [3.05, 3.63) is 53.4 Å². The second-order valence-electron chi connectivity index (χ2n) is 6.86.